The van der Waals surface area contributed by atoms with Gasteiger partial charge in [-0.1, -0.05) is 36.8 Å². The number of nitrogens with one attached hydrogen (secondary N) is 2. The summed E-state index contributed by atoms with van der Waals surface area (Å²) in [5.74, 6) is -0.795. The van der Waals surface area contributed by atoms with Gasteiger partial charge in [0.05, 0.1) is 18.7 Å². The van der Waals surface area contributed by atoms with E-state index in [4.69, 9.17) is 9.84 Å². The van der Waals surface area contributed by atoms with E-state index >= 15 is 0 Å². The minimum Gasteiger partial charge on any atom is -0.482 e. The molecule has 1 aliphatic rings. The Labute approximate surface area is 251 Å². The smallest absolute Gasteiger partial charge is 0.319 e. The Morgan fingerprint density at radius 1 is 0.930 bits per heavy atom. The lowest BCUT2D eigenvalue weighted by molar-refractivity contribution is -0.136. The van der Waals surface area contributed by atoms with Crippen molar-refractivity contribution in [2.45, 2.75) is 39.5 Å². The molecule has 0 radical (unpaired) electrons. The molecule has 0 heterocycles. The molecule has 1 aliphatic carbocycles. The van der Waals surface area contributed by atoms with Gasteiger partial charge < -0.3 is 30.3 Å². The van der Waals surface area contributed by atoms with E-state index in [9.17, 15) is 19.2 Å². The largest absolute Gasteiger partial charge is 0.482 e. The number of hydrogen-bond acceptors (Lipinski definition) is 5. The first-order valence-corrected chi connectivity index (χ1v) is 14.3. The molecule has 10 heteroatoms. The van der Waals surface area contributed by atoms with Crippen LogP contribution in [0.2, 0.25) is 0 Å². The molecular formula is C33H38N4O6. The number of nitrogens with zero attached hydrogens (tertiary/aromatic N) is 2. The molecule has 0 atom stereocenters. The lowest BCUT2D eigenvalue weighted by Gasteiger charge is -2.33. The zero-order valence-electron chi connectivity index (χ0n) is 24.8. The van der Waals surface area contributed by atoms with Crippen molar-refractivity contribution in [2.75, 3.05) is 41.9 Å². The predicted octanol–water partition coefficient (Wildman–Crippen LogP) is 4.93. The fourth-order valence-electron chi connectivity index (χ4n) is 4.96. The molecule has 0 aromatic heterocycles. The summed E-state index contributed by atoms with van der Waals surface area (Å²) in [6.07, 6.45) is 2.95. The first-order chi connectivity index (χ1) is 20.6. The molecule has 3 N–H and O–H groups in total. The Hall–Kier alpha value is -4.86. The highest BCUT2D eigenvalue weighted by Gasteiger charge is 2.27. The van der Waals surface area contributed by atoms with E-state index in [1.165, 1.54) is 0 Å². The molecule has 4 rings (SSSR count). The number of carbonyl (C=O) groups is 4. The third-order valence-corrected chi connectivity index (χ3v) is 7.38. The zero-order valence-corrected chi connectivity index (χ0v) is 24.8. The predicted molar refractivity (Wildman–Crippen MR) is 166 cm³/mol. The second kappa shape index (κ2) is 14.4. The van der Waals surface area contributed by atoms with Crippen LogP contribution in [-0.4, -0.2) is 55.7 Å². The van der Waals surface area contributed by atoms with Crippen molar-refractivity contribution < 1.29 is 29.0 Å². The Kier molecular flexibility index (Phi) is 10.4. The number of rotatable bonds is 12. The number of likely N-dealkylation sites (N-methyl/N-ethyl adjacent to an activating group) is 1. The molecule has 3 aromatic rings. The molecule has 1 fully saturated rings. The van der Waals surface area contributed by atoms with Crippen LogP contribution in [0.1, 0.15) is 36.0 Å². The van der Waals surface area contributed by atoms with Crippen LogP contribution in [0.4, 0.5) is 21.9 Å². The van der Waals surface area contributed by atoms with E-state index in [1.54, 1.807) is 65.4 Å². The molecular weight excluding hydrogens is 548 g/mol. The number of aryl methyl sites for hydroxylation is 2. The fourth-order valence-corrected chi connectivity index (χ4v) is 4.96. The Bertz CT molecular complexity index is 1470. The molecule has 226 valence electrons. The Morgan fingerprint density at radius 3 is 2.33 bits per heavy atom. The summed E-state index contributed by atoms with van der Waals surface area (Å²) in [5, 5.41) is 14.3. The molecule has 4 amide bonds. The van der Waals surface area contributed by atoms with Gasteiger partial charge in [0.25, 0.3) is 5.91 Å². The first-order valence-electron chi connectivity index (χ1n) is 14.3. The van der Waals surface area contributed by atoms with Gasteiger partial charge in [0.1, 0.15) is 5.75 Å². The second-order valence-electron chi connectivity index (χ2n) is 10.9. The van der Waals surface area contributed by atoms with Gasteiger partial charge in [0, 0.05) is 25.0 Å². The number of hydrogen-bond donors (Lipinski definition) is 3. The zero-order chi connectivity index (χ0) is 30.9. The van der Waals surface area contributed by atoms with Crippen molar-refractivity contribution in [2.24, 2.45) is 5.92 Å². The monoisotopic (exact) mass is 586 g/mol. The molecule has 1 saturated carbocycles. The summed E-state index contributed by atoms with van der Waals surface area (Å²) in [5.41, 5.74) is 4.39. The highest BCUT2D eigenvalue weighted by atomic mass is 16.5. The summed E-state index contributed by atoms with van der Waals surface area (Å²) in [4.78, 5) is 53.3. The van der Waals surface area contributed by atoms with Gasteiger partial charge in [-0.3, -0.25) is 14.4 Å². The average Bonchev–Trinajstić information content (AvgIpc) is 2.93. The van der Waals surface area contributed by atoms with Crippen molar-refractivity contribution in [3.63, 3.8) is 0 Å². The van der Waals surface area contributed by atoms with Gasteiger partial charge in [-0.2, -0.15) is 0 Å². The number of carboxylic acids is 1. The second-order valence-corrected chi connectivity index (χ2v) is 10.9. The number of ether oxygens (including phenoxy) is 1. The van der Waals surface area contributed by atoms with E-state index in [2.05, 4.69) is 10.6 Å². The molecule has 10 nitrogen and oxygen atoms in total. The summed E-state index contributed by atoms with van der Waals surface area (Å²) >= 11 is 0. The van der Waals surface area contributed by atoms with Crippen molar-refractivity contribution in [3.05, 3.63) is 83.4 Å². The van der Waals surface area contributed by atoms with Crippen LogP contribution >= 0.6 is 0 Å². The summed E-state index contributed by atoms with van der Waals surface area (Å²) in [6.45, 7) is 3.95. The van der Waals surface area contributed by atoms with Crippen LogP contribution in [0.25, 0.3) is 0 Å². The van der Waals surface area contributed by atoms with Crippen LogP contribution in [-0.2, 0) is 20.8 Å². The normalized spacial score (nSPS) is 12.5. The lowest BCUT2D eigenvalue weighted by Crippen LogP contribution is -2.44. The number of carboxylic acid groups (broad SMARTS) is 1. The maximum absolute atomic E-state index is 13.5. The molecule has 0 spiro atoms. The number of urea groups is 1. The number of benzene rings is 3. The molecule has 0 aliphatic heterocycles. The van der Waals surface area contributed by atoms with Crippen LogP contribution in [0.5, 0.6) is 5.75 Å². The molecule has 0 saturated heterocycles. The number of para-hydroxylation sites is 2. The highest BCUT2D eigenvalue weighted by Crippen LogP contribution is 2.33. The third kappa shape index (κ3) is 8.81. The van der Waals surface area contributed by atoms with E-state index in [0.29, 0.717) is 35.2 Å². The summed E-state index contributed by atoms with van der Waals surface area (Å²) < 4.78 is 5.98. The van der Waals surface area contributed by atoms with Crippen LogP contribution in [0, 0.1) is 19.8 Å². The Balaban J connectivity index is 1.42. The van der Waals surface area contributed by atoms with Gasteiger partial charge >= 0.3 is 12.0 Å². The minimum atomic E-state index is -0.972. The van der Waals surface area contributed by atoms with E-state index in [-0.39, 0.29) is 31.4 Å². The topological polar surface area (TPSA) is 128 Å². The van der Waals surface area contributed by atoms with Crippen molar-refractivity contribution in [1.29, 1.82) is 0 Å². The fraction of sp³-hybridized carbons (Fsp3) is 0.333. The van der Waals surface area contributed by atoms with Crippen molar-refractivity contribution in [1.82, 2.24) is 5.32 Å². The molecule has 0 bridgehead atoms. The van der Waals surface area contributed by atoms with Crippen LogP contribution < -0.4 is 25.2 Å². The molecule has 43 heavy (non-hydrogen) atoms. The number of amides is 4. The van der Waals surface area contributed by atoms with Crippen LogP contribution in [0.15, 0.2) is 66.7 Å². The summed E-state index contributed by atoms with van der Waals surface area (Å²) in [7, 11) is 1.71. The van der Waals surface area contributed by atoms with E-state index in [1.807, 2.05) is 32.0 Å². The number of carbonyl (C=O) groups excluding carboxylic acids is 3. The van der Waals surface area contributed by atoms with Gasteiger partial charge in [0.15, 0.2) is 6.61 Å². The van der Waals surface area contributed by atoms with Crippen molar-refractivity contribution in [3.8, 4) is 5.75 Å². The lowest BCUT2D eigenvalue weighted by atomic mass is 9.85. The summed E-state index contributed by atoms with van der Waals surface area (Å²) in [6, 6.07) is 18.9. The average molecular weight is 587 g/mol. The van der Waals surface area contributed by atoms with E-state index in [0.717, 1.165) is 36.1 Å². The van der Waals surface area contributed by atoms with Crippen LogP contribution in [0.3, 0.4) is 0 Å². The minimum absolute atomic E-state index is 0.166. The van der Waals surface area contributed by atoms with Gasteiger partial charge in [-0.05, 0) is 85.7 Å². The maximum Gasteiger partial charge on any atom is 0.319 e. The van der Waals surface area contributed by atoms with Crippen molar-refractivity contribution >= 4 is 40.9 Å². The third-order valence-electron chi connectivity index (χ3n) is 7.38. The molecule has 0 unspecified atom stereocenters. The van der Waals surface area contributed by atoms with Gasteiger partial charge in [-0.15, -0.1) is 0 Å². The number of aliphatic carboxylic acids is 1. The maximum atomic E-state index is 13.5. The van der Waals surface area contributed by atoms with Gasteiger partial charge in [0.2, 0.25) is 5.91 Å². The Morgan fingerprint density at radius 2 is 1.65 bits per heavy atom. The quantitative estimate of drug-likeness (QED) is 0.276. The first kappa shape index (κ1) is 31.1. The standard InChI is InChI=1S/C33H38N4O6/c1-22-14-23(2)16-27(15-22)36(3)31(39)21-43-29-13-5-4-12-28(29)37(20-24-8-6-9-24)30(38)19-34-33(42)35-26-11-7-10-25(17-26)18-32(40)41/h4-5,7,10-17,24H,6,8-9,18-21H2,1-3H3,(H,40,41)(H2,34,35,42). The highest BCUT2D eigenvalue weighted by molar-refractivity contribution is 6.00. The molecule has 3 aromatic carbocycles. The SMILES string of the molecule is Cc1cc(C)cc(N(C)C(=O)COc2ccccc2N(CC2CCC2)C(=O)CNC(=O)Nc2cccc(CC(=O)O)c2)c1. The number of anilines is 3. The van der Waals surface area contributed by atoms with E-state index < -0.39 is 12.0 Å². The van der Waals surface area contributed by atoms with Gasteiger partial charge in [-0.25, -0.2) is 4.79 Å².